The van der Waals surface area contributed by atoms with Crippen molar-refractivity contribution in [3.8, 4) is 5.75 Å². The van der Waals surface area contributed by atoms with Gasteiger partial charge in [-0.05, 0) is 42.3 Å². The summed E-state index contributed by atoms with van der Waals surface area (Å²) in [5, 5.41) is 8.20. The molecule has 0 fully saturated rings. The maximum Gasteiger partial charge on any atom is 0.253 e. The Bertz CT molecular complexity index is 1170. The van der Waals surface area contributed by atoms with Crippen molar-refractivity contribution in [2.45, 2.75) is 29.7 Å². The second-order valence-corrected chi connectivity index (χ2v) is 7.64. The maximum absolute atomic E-state index is 12.6. The molecule has 2 heterocycles. The Morgan fingerprint density at radius 2 is 1.97 bits per heavy atom. The molecule has 0 aliphatic rings. The van der Waals surface area contributed by atoms with Crippen molar-refractivity contribution >= 4 is 29.1 Å². The summed E-state index contributed by atoms with van der Waals surface area (Å²) in [4.78, 5) is 22.2. The lowest BCUT2D eigenvalue weighted by Gasteiger charge is -2.12. The first-order chi connectivity index (χ1) is 14.7. The van der Waals surface area contributed by atoms with E-state index in [1.165, 1.54) is 18.1 Å². The Morgan fingerprint density at radius 3 is 2.73 bits per heavy atom. The number of carbonyl (C=O) groups is 1. The lowest BCUT2D eigenvalue weighted by atomic mass is 10.1. The lowest BCUT2D eigenvalue weighted by Crippen LogP contribution is -2.15. The molecule has 2 aromatic carbocycles. The monoisotopic (exact) mass is 419 g/mol. The Morgan fingerprint density at radius 1 is 1.17 bits per heavy atom. The fourth-order valence-corrected chi connectivity index (χ4v) is 3.99. The quantitative estimate of drug-likeness (QED) is 0.456. The first-order valence-electron chi connectivity index (χ1n) is 9.55. The third-order valence-corrected chi connectivity index (χ3v) is 5.61. The van der Waals surface area contributed by atoms with Gasteiger partial charge in [0.1, 0.15) is 17.1 Å². The Balaban J connectivity index is 1.54. The molecular weight excluding hydrogens is 398 g/mol. The van der Waals surface area contributed by atoms with E-state index in [4.69, 9.17) is 4.74 Å². The molecule has 2 aromatic heterocycles. The van der Waals surface area contributed by atoms with Gasteiger partial charge in [0.25, 0.3) is 5.78 Å². The molecule has 0 spiro atoms. The van der Waals surface area contributed by atoms with E-state index < -0.39 is 0 Å². The minimum absolute atomic E-state index is 0.0805. The Kier molecular flexibility index (Phi) is 5.94. The Labute approximate surface area is 178 Å². The molecule has 4 rings (SSSR count). The summed E-state index contributed by atoms with van der Waals surface area (Å²) in [6.07, 6.45) is 2.58. The zero-order valence-corrected chi connectivity index (χ0v) is 17.5. The lowest BCUT2D eigenvalue weighted by molar-refractivity contribution is -0.115. The first kappa shape index (κ1) is 19.9. The number of fused-ring (bicyclic) bond motifs is 1. The average Bonchev–Trinajstić information content (AvgIpc) is 3.24. The number of aromatic nitrogens is 4. The highest BCUT2D eigenvalue weighted by molar-refractivity contribution is 7.99. The van der Waals surface area contributed by atoms with Gasteiger partial charge in [-0.15, -0.1) is 0 Å². The molecule has 1 amide bonds. The maximum atomic E-state index is 12.6. The van der Waals surface area contributed by atoms with Crippen molar-refractivity contribution in [1.82, 2.24) is 19.6 Å². The minimum Gasteiger partial charge on any atom is -0.497 e. The predicted molar refractivity (Wildman–Crippen MR) is 116 cm³/mol. The van der Waals surface area contributed by atoms with Crippen LogP contribution >= 0.6 is 11.8 Å². The zero-order chi connectivity index (χ0) is 20.9. The van der Waals surface area contributed by atoms with Crippen LogP contribution in [-0.4, -0.2) is 32.6 Å². The molecule has 0 saturated carbocycles. The van der Waals surface area contributed by atoms with Crippen LogP contribution in [0.3, 0.4) is 0 Å². The third kappa shape index (κ3) is 4.44. The van der Waals surface area contributed by atoms with Crippen LogP contribution in [0.15, 0.2) is 70.8 Å². The summed E-state index contributed by atoms with van der Waals surface area (Å²) in [6, 6.07) is 17.2. The third-order valence-electron chi connectivity index (χ3n) is 4.53. The molecule has 0 atom stereocenters. The number of carbonyl (C=O) groups excluding carboxylic acids is 1. The molecule has 1 N–H and O–H groups in total. The van der Waals surface area contributed by atoms with Crippen molar-refractivity contribution in [1.29, 1.82) is 0 Å². The van der Waals surface area contributed by atoms with E-state index in [0.717, 1.165) is 39.0 Å². The molecule has 0 saturated heterocycles. The molecule has 8 heteroatoms. The van der Waals surface area contributed by atoms with Crippen LogP contribution in [0.4, 0.5) is 5.69 Å². The van der Waals surface area contributed by atoms with E-state index >= 15 is 0 Å². The van der Waals surface area contributed by atoms with Gasteiger partial charge in [-0.25, -0.2) is 4.98 Å². The van der Waals surface area contributed by atoms with Crippen LogP contribution in [0.2, 0.25) is 0 Å². The van der Waals surface area contributed by atoms with Crippen LogP contribution in [0.5, 0.6) is 5.75 Å². The predicted octanol–water partition coefficient (Wildman–Crippen LogP) is 4.03. The number of aryl methyl sites for hydroxylation is 1. The highest BCUT2D eigenvalue weighted by Crippen LogP contribution is 2.33. The number of benzene rings is 2. The van der Waals surface area contributed by atoms with Crippen LogP contribution in [0.25, 0.3) is 5.78 Å². The van der Waals surface area contributed by atoms with Crippen molar-refractivity contribution in [3.63, 3.8) is 0 Å². The number of para-hydroxylation sites is 1. The number of hydrogen-bond donors (Lipinski definition) is 1. The molecule has 0 aliphatic carbocycles. The fourth-order valence-electron chi connectivity index (χ4n) is 2.98. The Hall–Kier alpha value is -3.39. The van der Waals surface area contributed by atoms with Gasteiger partial charge in [-0.3, -0.25) is 4.79 Å². The molecule has 7 nitrogen and oxygen atoms in total. The fraction of sp³-hybridized carbons (Fsp3) is 0.182. The number of hydrogen-bond acceptors (Lipinski definition) is 6. The summed E-state index contributed by atoms with van der Waals surface area (Å²) in [7, 11) is 1.62. The normalized spacial score (nSPS) is 10.9. The van der Waals surface area contributed by atoms with Gasteiger partial charge in [0.2, 0.25) is 5.91 Å². The molecular formula is C22H21N5O2S. The first-order valence-corrected chi connectivity index (χ1v) is 10.4. The number of nitrogens with zero attached hydrogens (tertiary/aromatic N) is 4. The van der Waals surface area contributed by atoms with E-state index in [2.05, 4.69) is 27.3 Å². The number of rotatable bonds is 7. The van der Waals surface area contributed by atoms with E-state index in [-0.39, 0.29) is 12.3 Å². The largest absolute Gasteiger partial charge is 0.497 e. The van der Waals surface area contributed by atoms with Gasteiger partial charge >= 0.3 is 0 Å². The van der Waals surface area contributed by atoms with Gasteiger partial charge in [-0.2, -0.15) is 14.6 Å². The minimum atomic E-state index is -0.0805. The summed E-state index contributed by atoms with van der Waals surface area (Å²) >= 11 is 1.52. The van der Waals surface area contributed by atoms with Gasteiger partial charge in [-0.1, -0.05) is 43.0 Å². The highest BCUT2D eigenvalue weighted by Gasteiger charge is 2.13. The molecule has 152 valence electrons. The van der Waals surface area contributed by atoms with Crippen molar-refractivity contribution in [2.75, 3.05) is 12.4 Å². The standard InChI is InChI=1S/C22H21N5O2S/c1-3-16-13-21(27-22(25-16)23-14-24-27)30-19-7-5-4-6-18(19)26-20(28)12-15-8-10-17(29-2)11-9-15/h4-11,13-14H,3,12H2,1-2H3,(H,26,28). The second-order valence-electron chi connectivity index (χ2n) is 6.58. The van der Waals surface area contributed by atoms with Crippen LogP contribution in [0.1, 0.15) is 18.2 Å². The van der Waals surface area contributed by atoms with Gasteiger partial charge < -0.3 is 10.1 Å². The van der Waals surface area contributed by atoms with Gasteiger partial charge in [0.05, 0.1) is 19.2 Å². The topological polar surface area (TPSA) is 81.4 Å². The number of amides is 1. The van der Waals surface area contributed by atoms with E-state index in [1.807, 2.05) is 54.6 Å². The van der Waals surface area contributed by atoms with E-state index in [9.17, 15) is 4.79 Å². The molecule has 0 radical (unpaired) electrons. The van der Waals surface area contributed by atoms with Crippen molar-refractivity contribution < 1.29 is 9.53 Å². The van der Waals surface area contributed by atoms with Gasteiger partial charge in [0.15, 0.2) is 0 Å². The number of nitrogens with one attached hydrogen (secondary N) is 1. The van der Waals surface area contributed by atoms with Crippen LogP contribution in [0, 0.1) is 0 Å². The SMILES string of the molecule is CCc1cc(Sc2ccccc2NC(=O)Cc2ccc(OC)cc2)n2ncnc2n1. The van der Waals surface area contributed by atoms with Crippen molar-refractivity contribution in [3.05, 3.63) is 72.2 Å². The molecule has 4 aromatic rings. The average molecular weight is 420 g/mol. The van der Waals surface area contributed by atoms with Crippen molar-refractivity contribution in [2.24, 2.45) is 0 Å². The summed E-state index contributed by atoms with van der Waals surface area (Å²) in [5.41, 5.74) is 2.62. The molecule has 0 unspecified atom stereocenters. The van der Waals surface area contributed by atoms with Crippen LogP contribution in [-0.2, 0) is 17.6 Å². The van der Waals surface area contributed by atoms with Crippen LogP contribution < -0.4 is 10.1 Å². The van der Waals surface area contributed by atoms with E-state index in [0.29, 0.717) is 5.78 Å². The smallest absolute Gasteiger partial charge is 0.253 e. The highest BCUT2D eigenvalue weighted by atomic mass is 32.2. The summed E-state index contributed by atoms with van der Waals surface area (Å²) in [6.45, 7) is 2.05. The number of anilines is 1. The molecule has 0 aliphatic heterocycles. The number of methoxy groups -OCH3 is 1. The van der Waals surface area contributed by atoms with E-state index in [1.54, 1.807) is 11.6 Å². The molecule has 0 bridgehead atoms. The summed E-state index contributed by atoms with van der Waals surface area (Å²) < 4.78 is 6.87. The second kappa shape index (κ2) is 8.96. The zero-order valence-electron chi connectivity index (χ0n) is 16.7. The van der Waals surface area contributed by atoms with Gasteiger partial charge in [0, 0.05) is 10.6 Å². The number of ether oxygens (including phenoxy) is 1. The molecule has 30 heavy (non-hydrogen) atoms. The summed E-state index contributed by atoms with van der Waals surface area (Å²) in [5.74, 6) is 1.25.